The summed E-state index contributed by atoms with van der Waals surface area (Å²) in [6.07, 6.45) is 3.94. The van der Waals surface area contributed by atoms with Crippen LogP contribution in [0.1, 0.15) is 19.8 Å². The first-order chi connectivity index (χ1) is 9.02. The number of rotatable bonds is 8. The lowest BCUT2D eigenvalue weighted by atomic mass is 10.1. The van der Waals surface area contributed by atoms with Crippen molar-refractivity contribution in [1.82, 2.24) is 15.1 Å². The summed E-state index contributed by atoms with van der Waals surface area (Å²) < 4.78 is 1.23. The molecule has 0 fully saturated rings. The molecule has 0 aliphatic rings. The molecule has 1 amide bonds. The van der Waals surface area contributed by atoms with E-state index in [9.17, 15) is 14.9 Å². The molecule has 1 rings (SSSR count). The minimum Gasteiger partial charge on any atom is -0.396 e. The standard InChI is InChI=1S/C11H18N4O4/c1-9(8-16)3-2-4-12-11(17)7-14-6-10(5-13-14)15(18)19/h5-6,9,16H,2-4,7-8H2,1H3,(H,12,17). The summed E-state index contributed by atoms with van der Waals surface area (Å²) in [4.78, 5) is 21.4. The van der Waals surface area contributed by atoms with Crippen LogP contribution in [-0.2, 0) is 11.3 Å². The van der Waals surface area contributed by atoms with Crippen LogP contribution >= 0.6 is 0 Å². The van der Waals surface area contributed by atoms with E-state index in [2.05, 4.69) is 10.4 Å². The Morgan fingerprint density at radius 1 is 1.68 bits per heavy atom. The monoisotopic (exact) mass is 270 g/mol. The highest BCUT2D eigenvalue weighted by Crippen LogP contribution is 2.07. The molecule has 8 heteroatoms. The Kier molecular flexibility index (Phi) is 5.94. The number of amides is 1. The molecule has 1 heterocycles. The summed E-state index contributed by atoms with van der Waals surface area (Å²) in [6, 6.07) is 0. The predicted molar refractivity (Wildman–Crippen MR) is 67.4 cm³/mol. The minimum absolute atomic E-state index is 0.0383. The number of carbonyl (C=O) groups is 1. The molecule has 1 atom stereocenters. The lowest BCUT2D eigenvalue weighted by molar-refractivity contribution is -0.385. The van der Waals surface area contributed by atoms with Gasteiger partial charge >= 0.3 is 5.69 Å². The molecule has 2 N–H and O–H groups in total. The lowest BCUT2D eigenvalue weighted by Crippen LogP contribution is -2.28. The van der Waals surface area contributed by atoms with E-state index in [0.717, 1.165) is 19.0 Å². The van der Waals surface area contributed by atoms with Gasteiger partial charge in [-0.15, -0.1) is 0 Å². The Labute approximate surface area is 110 Å². The molecule has 8 nitrogen and oxygen atoms in total. The van der Waals surface area contributed by atoms with E-state index < -0.39 is 4.92 Å². The van der Waals surface area contributed by atoms with Crippen molar-refractivity contribution >= 4 is 11.6 Å². The molecular formula is C11H18N4O4. The van der Waals surface area contributed by atoms with E-state index in [0.29, 0.717) is 6.54 Å². The molecule has 0 saturated carbocycles. The zero-order valence-corrected chi connectivity index (χ0v) is 10.8. The van der Waals surface area contributed by atoms with Gasteiger partial charge in [0.2, 0.25) is 5.91 Å². The molecule has 0 radical (unpaired) electrons. The van der Waals surface area contributed by atoms with E-state index in [4.69, 9.17) is 5.11 Å². The van der Waals surface area contributed by atoms with Crippen LogP contribution in [0.5, 0.6) is 0 Å². The van der Waals surface area contributed by atoms with Crippen molar-refractivity contribution in [3.8, 4) is 0 Å². The highest BCUT2D eigenvalue weighted by Gasteiger charge is 2.10. The second kappa shape index (κ2) is 7.47. The van der Waals surface area contributed by atoms with E-state index in [1.54, 1.807) is 0 Å². The van der Waals surface area contributed by atoms with Crippen LogP contribution in [0.3, 0.4) is 0 Å². The fraction of sp³-hybridized carbons (Fsp3) is 0.636. The summed E-state index contributed by atoms with van der Waals surface area (Å²) in [5.74, 6) is -0.0136. The van der Waals surface area contributed by atoms with Gasteiger partial charge in [-0.3, -0.25) is 19.6 Å². The summed E-state index contributed by atoms with van der Waals surface area (Å²) in [6.45, 7) is 2.56. The molecule has 1 aromatic heterocycles. The third-order valence-corrected chi connectivity index (χ3v) is 2.64. The molecule has 0 saturated heterocycles. The summed E-state index contributed by atoms with van der Waals surface area (Å²) >= 11 is 0. The predicted octanol–water partition coefficient (Wildman–Crippen LogP) is 0.316. The van der Waals surface area contributed by atoms with E-state index in [1.807, 2.05) is 6.92 Å². The number of nitrogens with zero attached hydrogens (tertiary/aromatic N) is 3. The average molecular weight is 270 g/mol. The van der Waals surface area contributed by atoms with Crippen molar-refractivity contribution in [2.75, 3.05) is 13.2 Å². The first-order valence-electron chi connectivity index (χ1n) is 6.07. The summed E-state index contributed by atoms with van der Waals surface area (Å²) in [5, 5.41) is 25.7. The van der Waals surface area contributed by atoms with Crippen LogP contribution in [0.25, 0.3) is 0 Å². The van der Waals surface area contributed by atoms with Gasteiger partial charge in [0.1, 0.15) is 18.9 Å². The molecule has 0 spiro atoms. The van der Waals surface area contributed by atoms with Gasteiger partial charge in [0.15, 0.2) is 0 Å². The zero-order valence-electron chi connectivity index (χ0n) is 10.8. The fourth-order valence-electron chi connectivity index (χ4n) is 1.51. The summed E-state index contributed by atoms with van der Waals surface area (Å²) in [7, 11) is 0. The number of aliphatic hydroxyl groups is 1. The second-order valence-electron chi connectivity index (χ2n) is 4.43. The number of nitro groups is 1. The Morgan fingerprint density at radius 2 is 2.42 bits per heavy atom. The second-order valence-corrected chi connectivity index (χ2v) is 4.43. The molecule has 1 unspecified atom stereocenters. The largest absolute Gasteiger partial charge is 0.396 e. The van der Waals surface area contributed by atoms with Gasteiger partial charge in [0.05, 0.1) is 4.92 Å². The minimum atomic E-state index is -0.558. The molecule has 19 heavy (non-hydrogen) atoms. The first kappa shape index (κ1) is 15.1. The van der Waals surface area contributed by atoms with Gasteiger partial charge in [-0.2, -0.15) is 5.10 Å². The lowest BCUT2D eigenvalue weighted by Gasteiger charge is -2.08. The van der Waals surface area contributed by atoms with Crippen LogP contribution in [0.4, 0.5) is 5.69 Å². The number of carbonyl (C=O) groups excluding carboxylic acids is 1. The molecule has 0 bridgehead atoms. The SMILES string of the molecule is CC(CO)CCCNC(=O)Cn1cc([N+](=O)[O-])cn1. The molecular weight excluding hydrogens is 252 g/mol. The first-order valence-corrected chi connectivity index (χ1v) is 6.07. The van der Waals surface area contributed by atoms with Gasteiger partial charge < -0.3 is 10.4 Å². The van der Waals surface area contributed by atoms with Crippen LogP contribution in [0.15, 0.2) is 12.4 Å². The molecule has 1 aromatic rings. The van der Waals surface area contributed by atoms with Crippen LogP contribution in [0, 0.1) is 16.0 Å². The van der Waals surface area contributed by atoms with Gasteiger partial charge in [0, 0.05) is 13.2 Å². The number of hydrogen-bond donors (Lipinski definition) is 2. The van der Waals surface area contributed by atoms with Crippen molar-refractivity contribution in [2.24, 2.45) is 5.92 Å². The van der Waals surface area contributed by atoms with E-state index in [-0.39, 0.29) is 30.7 Å². The van der Waals surface area contributed by atoms with Crippen molar-refractivity contribution < 1.29 is 14.8 Å². The topological polar surface area (TPSA) is 110 Å². The quantitative estimate of drug-likeness (QED) is 0.401. The van der Waals surface area contributed by atoms with Gasteiger partial charge in [-0.1, -0.05) is 6.92 Å². The number of nitrogens with one attached hydrogen (secondary N) is 1. The number of hydrogen-bond acceptors (Lipinski definition) is 5. The zero-order chi connectivity index (χ0) is 14.3. The third kappa shape index (κ3) is 5.47. The van der Waals surface area contributed by atoms with E-state index in [1.165, 1.54) is 10.9 Å². The van der Waals surface area contributed by atoms with Crippen LogP contribution < -0.4 is 5.32 Å². The molecule has 0 aliphatic carbocycles. The maximum Gasteiger partial charge on any atom is 0.307 e. The maximum absolute atomic E-state index is 11.5. The third-order valence-electron chi connectivity index (χ3n) is 2.64. The normalized spacial score (nSPS) is 12.1. The fourth-order valence-corrected chi connectivity index (χ4v) is 1.51. The van der Waals surface area contributed by atoms with E-state index >= 15 is 0 Å². The highest BCUT2D eigenvalue weighted by molar-refractivity contribution is 5.75. The molecule has 0 aromatic carbocycles. The Bertz CT molecular complexity index is 432. The maximum atomic E-state index is 11.5. The number of aliphatic hydroxyl groups excluding tert-OH is 1. The van der Waals surface area contributed by atoms with Crippen molar-refractivity contribution in [2.45, 2.75) is 26.3 Å². The van der Waals surface area contributed by atoms with Gasteiger partial charge in [-0.25, -0.2) is 0 Å². The molecule has 106 valence electrons. The average Bonchev–Trinajstić information content (AvgIpc) is 2.83. The Hall–Kier alpha value is -1.96. The van der Waals surface area contributed by atoms with Gasteiger partial charge in [0.25, 0.3) is 0 Å². The van der Waals surface area contributed by atoms with Crippen molar-refractivity contribution in [3.05, 3.63) is 22.5 Å². The highest BCUT2D eigenvalue weighted by atomic mass is 16.6. The summed E-state index contributed by atoms with van der Waals surface area (Å²) in [5.41, 5.74) is -0.135. The Balaban J connectivity index is 2.25. The smallest absolute Gasteiger partial charge is 0.307 e. The number of aromatic nitrogens is 2. The Morgan fingerprint density at radius 3 is 3.00 bits per heavy atom. The van der Waals surface area contributed by atoms with Crippen molar-refractivity contribution in [1.29, 1.82) is 0 Å². The van der Waals surface area contributed by atoms with Gasteiger partial charge in [-0.05, 0) is 18.8 Å². The van der Waals surface area contributed by atoms with Crippen LogP contribution in [0.2, 0.25) is 0 Å². The van der Waals surface area contributed by atoms with Crippen LogP contribution in [-0.4, -0.2) is 38.9 Å². The molecule has 0 aliphatic heterocycles. The van der Waals surface area contributed by atoms with Crippen molar-refractivity contribution in [3.63, 3.8) is 0 Å².